The van der Waals surface area contributed by atoms with Gasteiger partial charge in [0.1, 0.15) is 31.0 Å². The summed E-state index contributed by atoms with van der Waals surface area (Å²) in [4.78, 5) is 24.2. The second-order valence-electron chi connectivity index (χ2n) is 10.6. The highest BCUT2D eigenvalue weighted by molar-refractivity contribution is 5.92. The maximum Gasteiger partial charge on any atom is 0.338 e. The van der Waals surface area contributed by atoms with Gasteiger partial charge in [0.2, 0.25) is 0 Å². The lowest BCUT2D eigenvalue weighted by Gasteiger charge is -2.41. The normalized spacial score (nSPS) is 30.5. The predicted octanol–water partition coefficient (Wildman–Crippen LogP) is 1.51. The van der Waals surface area contributed by atoms with Crippen molar-refractivity contribution in [2.45, 2.75) is 83.8 Å². The molecule has 0 unspecified atom stereocenters. The zero-order chi connectivity index (χ0) is 27.7. The highest BCUT2D eigenvalue weighted by Gasteiger charge is 2.45. The number of ether oxygens (including phenoxy) is 3. The first kappa shape index (κ1) is 28.9. The lowest BCUT2D eigenvalue weighted by atomic mass is 9.66. The monoisotopic (exact) mass is 524 g/mol. The van der Waals surface area contributed by atoms with Gasteiger partial charge in [-0.25, -0.2) is 4.79 Å². The topological polar surface area (TPSA) is 183 Å². The van der Waals surface area contributed by atoms with Gasteiger partial charge >= 0.3 is 5.97 Å². The van der Waals surface area contributed by atoms with Crippen LogP contribution in [0.4, 0.5) is 0 Å². The van der Waals surface area contributed by atoms with Gasteiger partial charge in [-0.05, 0) is 56.2 Å². The number of rotatable bonds is 8. The lowest BCUT2D eigenvalue weighted by molar-refractivity contribution is -0.310. The number of carbonyl (C=O) groups excluding carboxylic acids is 2. The van der Waals surface area contributed by atoms with Crippen molar-refractivity contribution in [1.29, 1.82) is 0 Å². The first-order chi connectivity index (χ1) is 17.2. The van der Waals surface area contributed by atoms with Crippen molar-refractivity contribution in [3.63, 3.8) is 0 Å². The summed E-state index contributed by atoms with van der Waals surface area (Å²) in [7, 11) is 0. The fraction of sp³-hybridized carbons (Fsp3) is 0.615. The second kappa shape index (κ2) is 11.4. The predicted molar refractivity (Wildman–Crippen MR) is 129 cm³/mol. The van der Waals surface area contributed by atoms with E-state index in [4.69, 9.17) is 14.2 Å². The Bertz CT molecular complexity index is 1010. The van der Waals surface area contributed by atoms with E-state index < -0.39 is 66.6 Å². The van der Waals surface area contributed by atoms with E-state index in [0.717, 1.165) is 24.1 Å². The molecule has 7 atom stereocenters. The Morgan fingerprint density at radius 3 is 2.32 bits per heavy atom. The zero-order valence-corrected chi connectivity index (χ0v) is 21.3. The number of aliphatic hydroxyl groups is 3. The van der Waals surface area contributed by atoms with Crippen molar-refractivity contribution in [1.82, 2.24) is 0 Å². The van der Waals surface area contributed by atoms with E-state index >= 15 is 0 Å². The molecule has 2 aliphatic rings. The van der Waals surface area contributed by atoms with Gasteiger partial charge in [0.15, 0.2) is 29.3 Å². The van der Waals surface area contributed by atoms with Crippen molar-refractivity contribution in [2.24, 2.45) is 11.3 Å². The van der Waals surface area contributed by atoms with E-state index in [1.54, 1.807) is 13.0 Å². The van der Waals surface area contributed by atoms with Crippen LogP contribution in [0.2, 0.25) is 0 Å². The van der Waals surface area contributed by atoms with Crippen LogP contribution in [0.1, 0.15) is 57.3 Å². The van der Waals surface area contributed by atoms with Crippen LogP contribution in [0, 0.1) is 11.3 Å². The van der Waals surface area contributed by atoms with Gasteiger partial charge in [0, 0.05) is 6.42 Å². The maximum atomic E-state index is 12.3. The van der Waals surface area contributed by atoms with Crippen molar-refractivity contribution < 1.29 is 54.4 Å². The number of hydrogen-bond donors (Lipinski definition) is 6. The average Bonchev–Trinajstić information content (AvgIpc) is 2.80. The molecule has 0 saturated carbocycles. The van der Waals surface area contributed by atoms with Gasteiger partial charge in [-0.2, -0.15) is 0 Å². The Morgan fingerprint density at radius 2 is 1.73 bits per heavy atom. The fourth-order valence-corrected chi connectivity index (χ4v) is 5.04. The molecule has 1 aromatic carbocycles. The van der Waals surface area contributed by atoms with Crippen LogP contribution in [0.3, 0.4) is 0 Å². The molecule has 6 N–H and O–H groups in total. The Morgan fingerprint density at radius 1 is 1.11 bits per heavy atom. The largest absolute Gasteiger partial charge is 0.504 e. The van der Waals surface area contributed by atoms with Crippen LogP contribution in [0.25, 0.3) is 0 Å². The number of aliphatic hydroxyl groups excluding tert-OH is 3. The van der Waals surface area contributed by atoms with Gasteiger partial charge in [-0.15, -0.1) is 0 Å². The van der Waals surface area contributed by atoms with Gasteiger partial charge < -0.3 is 44.8 Å². The number of carbonyl (C=O) groups is 2. The molecule has 11 heteroatoms. The molecule has 0 bridgehead atoms. The van der Waals surface area contributed by atoms with Crippen LogP contribution < -0.4 is 0 Å². The van der Waals surface area contributed by atoms with Crippen molar-refractivity contribution >= 4 is 11.8 Å². The summed E-state index contributed by atoms with van der Waals surface area (Å²) in [6, 6.07) is 1.78. The van der Waals surface area contributed by atoms with Gasteiger partial charge in [0.05, 0.1) is 11.7 Å². The standard InChI is InChI=1S/C26H36O11/c1-12-7-15(27)10-26(3,4)16(12)6-5-13(2)36-25-23(33)22(32)21(31)19(37-25)11-35-24(34)14-8-17(28)20(30)18(29)9-14/h7-9,13,16,19,21-23,25,28-33H,5-6,10-11H2,1-4H3/t13-,16+,19+,21-,22-,23-,25+/m1/s1. The number of hydrogen-bond acceptors (Lipinski definition) is 11. The number of phenolic OH excluding ortho intramolecular Hbond substituents is 3. The first-order valence-corrected chi connectivity index (χ1v) is 12.2. The molecule has 1 aliphatic heterocycles. The number of aromatic hydroxyl groups is 3. The zero-order valence-electron chi connectivity index (χ0n) is 21.3. The highest BCUT2D eigenvalue weighted by Crippen LogP contribution is 2.42. The number of benzene rings is 1. The van der Waals surface area contributed by atoms with Crippen LogP contribution >= 0.6 is 0 Å². The van der Waals surface area contributed by atoms with E-state index in [2.05, 4.69) is 13.8 Å². The van der Waals surface area contributed by atoms with Crippen molar-refractivity contribution in [3.05, 3.63) is 29.3 Å². The van der Waals surface area contributed by atoms with Crippen LogP contribution in [-0.2, 0) is 19.0 Å². The molecular formula is C26H36O11. The Balaban J connectivity index is 1.59. The summed E-state index contributed by atoms with van der Waals surface area (Å²) in [5, 5.41) is 59.6. The summed E-state index contributed by atoms with van der Waals surface area (Å²) >= 11 is 0. The van der Waals surface area contributed by atoms with E-state index in [-0.39, 0.29) is 22.7 Å². The van der Waals surface area contributed by atoms with Gasteiger partial charge in [-0.1, -0.05) is 19.4 Å². The second-order valence-corrected chi connectivity index (χ2v) is 10.6. The number of allylic oxidation sites excluding steroid dienone is 2. The summed E-state index contributed by atoms with van der Waals surface area (Å²) < 4.78 is 16.5. The third-order valence-corrected chi connectivity index (χ3v) is 7.09. The molecule has 1 aromatic rings. The minimum absolute atomic E-state index is 0.111. The molecular weight excluding hydrogens is 488 g/mol. The molecule has 37 heavy (non-hydrogen) atoms. The SMILES string of the molecule is CC1=CC(=O)CC(C)(C)[C@H]1CC[C@@H](C)O[C@H]1O[C@@H](COC(=O)c2cc(O)c(O)c(O)c2)[C@@H](O)[C@@H](O)[C@H]1O. The van der Waals surface area contributed by atoms with Crippen LogP contribution in [0.5, 0.6) is 17.2 Å². The number of esters is 1. The molecule has 1 aliphatic carbocycles. The van der Waals surface area contributed by atoms with E-state index in [0.29, 0.717) is 12.8 Å². The highest BCUT2D eigenvalue weighted by atomic mass is 16.7. The Hall–Kier alpha value is -2.70. The van der Waals surface area contributed by atoms with Crippen LogP contribution in [0.15, 0.2) is 23.8 Å². The molecule has 1 fully saturated rings. The summed E-state index contributed by atoms with van der Waals surface area (Å²) in [6.45, 7) is 7.29. The molecule has 0 radical (unpaired) electrons. The van der Waals surface area contributed by atoms with Crippen molar-refractivity contribution in [2.75, 3.05) is 6.61 Å². The minimum Gasteiger partial charge on any atom is -0.504 e. The summed E-state index contributed by atoms with van der Waals surface area (Å²) in [5.41, 5.74) is 0.548. The summed E-state index contributed by atoms with van der Waals surface area (Å²) in [5.74, 6) is -2.95. The molecule has 3 rings (SSSR count). The molecule has 11 nitrogen and oxygen atoms in total. The lowest BCUT2D eigenvalue weighted by Crippen LogP contribution is -2.59. The van der Waals surface area contributed by atoms with E-state index in [1.807, 2.05) is 6.92 Å². The Kier molecular flexibility index (Phi) is 8.86. The minimum atomic E-state index is -1.63. The van der Waals surface area contributed by atoms with Crippen molar-refractivity contribution in [3.8, 4) is 17.2 Å². The third kappa shape index (κ3) is 6.60. The quantitative estimate of drug-likeness (QED) is 0.214. The number of phenols is 3. The Labute approximate surface area is 214 Å². The molecule has 0 aromatic heterocycles. The maximum absolute atomic E-state index is 12.3. The molecule has 1 saturated heterocycles. The molecule has 1 heterocycles. The third-order valence-electron chi connectivity index (χ3n) is 7.09. The molecule has 0 amide bonds. The van der Waals surface area contributed by atoms with Crippen LogP contribution in [-0.4, -0.2) is 85.8 Å². The first-order valence-electron chi connectivity index (χ1n) is 12.2. The van der Waals surface area contributed by atoms with E-state index in [9.17, 15) is 40.2 Å². The van der Waals surface area contributed by atoms with Gasteiger partial charge in [-0.3, -0.25) is 4.79 Å². The smallest absolute Gasteiger partial charge is 0.338 e. The molecule has 206 valence electrons. The van der Waals surface area contributed by atoms with Gasteiger partial charge in [0.25, 0.3) is 0 Å². The average molecular weight is 525 g/mol. The number of ketones is 1. The summed E-state index contributed by atoms with van der Waals surface area (Å²) in [6.07, 6.45) is -4.29. The fourth-order valence-electron chi connectivity index (χ4n) is 5.04. The molecule has 0 spiro atoms. The van der Waals surface area contributed by atoms with E-state index in [1.165, 1.54) is 0 Å².